The maximum absolute atomic E-state index is 13.3. The van der Waals surface area contributed by atoms with E-state index in [0.717, 1.165) is 27.6 Å². The largest absolute Gasteiger partial charge is 0.486 e. The first-order chi connectivity index (χ1) is 15.4. The Morgan fingerprint density at radius 3 is 2.62 bits per heavy atom. The number of thiazole rings is 1. The Morgan fingerprint density at radius 1 is 1.16 bits per heavy atom. The standard InChI is InChI=1S/C25H29FN2O3S/c1-17-12-18(2)19(3)23(13-17)31-15-24-27-22(16-32-24)14-28(10-5-11-30-4)25(29)20-6-8-21(26)9-7-20/h6-9,12-13,16H,5,10-11,14-15H2,1-4H3. The summed E-state index contributed by atoms with van der Waals surface area (Å²) in [6.45, 7) is 8.01. The fourth-order valence-electron chi connectivity index (χ4n) is 3.40. The van der Waals surface area contributed by atoms with Crippen molar-refractivity contribution in [2.45, 2.75) is 40.3 Å². The van der Waals surface area contributed by atoms with E-state index in [4.69, 9.17) is 9.47 Å². The first-order valence-electron chi connectivity index (χ1n) is 10.5. The number of carbonyl (C=O) groups is 1. The van der Waals surface area contributed by atoms with E-state index >= 15 is 0 Å². The minimum Gasteiger partial charge on any atom is -0.486 e. The van der Waals surface area contributed by atoms with Crippen molar-refractivity contribution in [2.75, 3.05) is 20.3 Å². The van der Waals surface area contributed by atoms with Crippen molar-refractivity contribution in [2.24, 2.45) is 0 Å². The van der Waals surface area contributed by atoms with Gasteiger partial charge in [0.25, 0.3) is 5.91 Å². The lowest BCUT2D eigenvalue weighted by Crippen LogP contribution is -2.32. The van der Waals surface area contributed by atoms with Gasteiger partial charge >= 0.3 is 0 Å². The van der Waals surface area contributed by atoms with Gasteiger partial charge in [0.15, 0.2) is 0 Å². The van der Waals surface area contributed by atoms with E-state index in [-0.39, 0.29) is 11.7 Å². The molecule has 3 aromatic rings. The Hall–Kier alpha value is -2.77. The van der Waals surface area contributed by atoms with Crippen LogP contribution in [0.15, 0.2) is 41.8 Å². The molecule has 0 radical (unpaired) electrons. The van der Waals surface area contributed by atoms with Crippen LogP contribution in [0.2, 0.25) is 0 Å². The van der Waals surface area contributed by atoms with E-state index in [1.807, 2.05) is 11.4 Å². The minimum absolute atomic E-state index is 0.155. The van der Waals surface area contributed by atoms with Gasteiger partial charge in [0.05, 0.1) is 12.2 Å². The molecule has 0 saturated carbocycles. The molecule has 0 saturated heterocycles. The number of halogens is 1. The van der Waals surface area contributed by atoms with Crippen molar-refractivity contribution in [3.8, 4) is 5.75 Å². The Kier molecular flexibility index (Phi) is 8.36. The lowest BCUT2D eigenvalue weighted by atomic mass is 10.1. The molecule has 32 heavy (non-hydrogen) atoms. The fraction of sp³-hybridized carbons (Fsp3) is 0.360. The quantitative estimate of drug-likeness (QED) is 0.380. The summed E-state index contributed by atoms with van der Waals surface area (Å²) in [5.41, 5.74) is 4.74. The Morgan fingerprint density at radius 2 is 1.91 bits per heavy atom. The third-order valence-corrected chi connectivity index (χ3v) is 6.09. The van der Waals surface area contributed by atoms with Crippen molar-refractivity contribution >= 4 is 17.2 Å². The van der Waals surface area contributed by atoms with Gasteiger partial charge in [-0.05, 0) is 74.2 Å². The van der Waals surface area contributed by atoms with Crippen LogP contribution >= 0.6 is 11.3 Å². The summed E-state index contributed by atoms with van der Waals surface area (Å²) in [4.78, 5) is 19.4. The fourth-order valence-corrected chi connectivity index (χ4v) is 4.10. The van der Waals surface area contributed by atoms with E-state index in [2.05, 4.69) is 31.8 Å². The van der Waals surface area contributed by atoms with Crippen LogP contribution in [0.25, 0.3) is 0 Å². The van der Waals surface area contributed by atoms with Gasteiger partial charge in [-0.1, -0.05) is 6.07 Å². The molecule has 7 heteroatoms. The van der Waals surface area contributed by atoms with Crippen LogP contribution in [-0.4, -0.2) is 36.1 Å². The summed E-state index contributed by atoms with van der Waals surface area (Å²) in [7, 11) is 1.64. The van der Waals surface area contributed by atoms with E-state index in [1.165, 1.54) is 41.2 Å². The highest BCUT2D eigenvalue weighted by Crippen LogP contribution is 2.25. The van der Waals surface area contributed by atoms with Gasteiger partial charge in [-0.15, -0.1) is 11.3 Å². The van der Waals surface area contributed by atoms with Crippen LogP contribution in [0.4, 0.5) is 4.39 Å². The smallest absolute Gasteiger partial charge is 0.254 e. The molecule has 0 unspecified atom stereocenters. The topological polar surface area (TPSA) is 51.7 Å². The zero-order valence-corrected chi connectivity index (χ0v) is 19.8. The van der Waals surface area contributed by atoms with E-state index < -0.39 is 0 Å². The second-order valence-electron chi connectivity index (χ2n) is 7.81. The second-order valence-corrected chi connectivity index (χ2v) is 8.75. The number of aryl methyl sites for hydroxylation is 2. The van der Waals surface area contributed by atoms with E-state index in [1.54, 1.807) is 12.0 Å². The Balaban J connectivity index is 1.68. The molecule has 0 aliphatic heterocycles. The number of aromatic nitrogens is 1. The molecule has 0 spiro atoms. The molecule has 0 aliphatic rings. The molecule has 0 bridgehead atoms. The number of methoxy groups -OCH3 is 1. The minimum atomic E-state index is -0.365. The molecule has 0 N–H and O–H groups in total. The summed E-state index contributed by atoms with van der Waals surface area (Å²) in [6, 6.07) is 9.79. The monoisotopic (exact) mass is 456 g/mol. The van der Waals surface area contributed by atoms with Gasteiger partial charge in [0.1, 0.15) is 23.2 Å². The number of rotatable bonds is 10. The van der Waals surface area contributed by atoms with Crippen LogP contribution in [0.3, 0.4) is 0 Å². The average molecular weight is 457 g/mol. The van der Waals surface area contributed by atoms with Crippen LogP contribution < -0.4 is 4.74 Å². The first-order valence-corrected chi connectivity index (χ1v) is 11.4. The van der Waals surface area contributed by atoms with E-state index in [0.29, 0.717) is 38.3 Å². The molecule has 1 amide bonds. The molecule has 1 aromatic heterocycles. The normalized spacial score (nSPS) is 10.9. The first kappa shape index (κ1) is 23.9. The molecule has 170 valence electrons. The van der Waals surface area contributed by atoms with Gasteiger partial charge in [-0.3, -0.25) is 4.79 Å². The van der Waals surface area contributed by atoms with E-state index in [9.17, 15) is 9.18 Å². The van der Waals surface area contributed by atoms with Crippen LogP contribution in [-0.2, 0) is 17.9 Å². The molecule has 0 fully saturated rings. The molecular weight excluding hydrogens is 427 g/mol. The summed E-state index contributed by atoms with van der Waals surface area (Å²) < 4.78 is 24.4. The SMILES string of the molecule is COCCCN(Cc1csc(COc2cc(C)cc(C)c2C)n1)C(=O)c1ccc(F)cc1. The molecular formula is C25H29FN2O3S. The van der Waals surface area contributed by atoms with Crippen LogP contribution in [0, 0.1) is 26.6 Å². The Bertz CT molecular complexity index is 1050. The summed E-state index contributed by atoms with van der Waals surface area (Å²) in [6.07, 6.45) is 0.704. The van der Waals surface area contributed by atoms with Crippen LogP contribution in [0.5, 0.6) is 5.75 Å². The third-order valence-electron chi connectivity index (χ3n) is 5.22. The molecule has 3 rings (SSSR count). The van der Waals surface area contributed by atoms with Gasteiger partial charge in [0, 0.05) is 31.2 Å². The van der Waals surface area contributed by atoms with Crippen molar-refractivity contribution in [1.82, 2.24) is 9.88 Å². The van der Waals surface area contributed by atoms with Crippen molar-refractivity contribution in [3.63, 3.8) is 0 Å². The summed E-state index contributed by atoms with van der Waals surface area (Å²) in [5.74, 6) is 0.348. The van der Waals surface area contributed by atoms with Crippen LogP contribution in [0.1, 0.15) is 44.2 Å². The maximum atomic E-state index is 13.3. The van der Waals surface area contributed by atoms with Gasteiger partial charge in [-0.2, -0.15) is 0 Å². The van der Waals surface area contributed by atoms with Crippen molar-refractivity contribution < 1.29 is 18.7 Å². The maximum Gasteiger partial charge on any atom is 0.254 e. The molecule has 1 heterocycles. The molecule has 0 aliphatic carbocycles. The third kappa shape index (κ3) is 6.37. The molecule has 0 atom stereocenters. The Labute approximate surface area is 192 Å². The van der Waals surface area contributed by atoms with Gasteiger partial charge in [0.2, 0.25) is 0 Å². The number of amides is 1. The van der Waals surface area contributed by atoms with Gasteiger partial charge in [-0.25, -0.2) is 9.37 Å². The highest BCUT2D eigenvalue weighted by atomic mass is 32.1. The lowest BCUT2D eigenvalue weighted by molar-refractivity contribution is 0.0721. The second kappa shape index (κ2) is 11.2. The number of hydrogen-bond donors (Lipinski definition) is 0. The van der Waals surface area contributed by atoms with Crippen molar-refractivity contribution in [3.05, 3.63) is 80.6 Å². The highest BCUT2D eigenvalue weighted by molar-refractivity contribution is 7.09. The highest BCUT2D eigenvalue weighted by Gasteiger charge is 2.18. The molecule has 2 aromatic carbocycles. The number of nitrogens with zero attached hydrogens (tertiary/aromatic N) is 2. The predicted molar refractivity (Wildman–Crippen MR) is 125 cm³/mol. The zero-order chi connectivity index (χ0) is 23.1. The van der Waals surface area contributed by atoms with Crippen molar-refractivity contribution in [1.29, 1.82) is 0 Å². The number of benzene rings is 2. The average Bonchev–Trinajstić information content (AvgIpc) is 3.22. The summed E-state index contributed by atoms with van der Waals surface area (Å²) >= 11 is 1.51. The molecule has 5 nitrogen and oxygen atoms in total. The summed E-state index contributed by atoms with van der Waals surface area (Å²) in [5, 5.41) is 2.80. The van der Waals surface area contributed by atoms with Gasteiger partial charge < -0.3 is 14.4 Å². The lowest BCUT2D eigenvalue weighted by Gasteiger charge is -2.22. The zero-order valence-electron chi connectivity index (χ0n) is 19.0. The predicted octanol–water partition coefficient (Wildman–Crippen LogP) is 5.47. The number of ether oxygens (including phenoxy) is 2. The number of hydrogen-bond acceptors (Lipinski definition) is 5. The number of carbonyl (C=O) groups excluding carboxylic acids is 1.